The number of aryl methyl sites for hydroxylation is 1. The molecule has 0 amide bonds. The molecule has 0 aliphatic heterocycles. The molecule has 0 saturated carbocycles. The SMILES string of the molecule is COc1ccccc1C=Nn1cnnc1SCC(C)(C)NS(=O)(=O)c1ccc(C)cc1. The molecule has 0 bridgehead atoms. The number of nitrogens with zero attached hydrogens (tertiary/aromatic N) is 4. The molecule has 2 aromatic carbocycles. The summed E-state index contributed by atoms with van der Waals surface area (Å²) in [5.74, 6) is 1.14. The summed E-state index contributed by atoms with van der Waals surface area (Å²) in [5.41, 5.74) is 1.10. The summed E-state index contributed by atoms with van der Waals surface area (Å²) in [7, 11) is -2.04. The second-order valence-corrected chi connectivity index (χ2v) is 10.2. The predicted octanol–water partition coefficient (Wildman–Crippen LogP) is 3.33. The normalized spacial score (nSPS) is 12.4. The Labute approximate surface area is 186 Å². The summed E-state index contributed by atoms with van der Waals surface area (Å²) < 4.78 is 35.1. The third kappa shape index (κ3) is 6.16. The minimum Gasteiger partial charge on any atom is -0.496 e. The fraction of sp³-hybridized carbons (Fsp3) is 0.286. The average Bonchev–Trinajstić information content (AvgIpc) is 3.18. The smallest absolute Gasteiger partial charge is 0.241 e. The zero-order valence-electron chi connectivity index (χ0n) is 17.8. The van der Waals surface area contributed by atoms with Gasteiger partial charge in [0.2, 0.25) is 15.2 Å². The Morgan fingerprint density at radius 1 is 1.19 bits per heavy atom. The second-order valence-electron chi connectivity index (χ2n) is 7.54. The van der Waals surface area contributed by atoms with Crippen molar-refractivity contribution in [1.82, 2.24) is 19.6 Å². The van der Waals surface area contributed by atoms with Crippen LogP contribution in [0.4, 0.5) is 0 Å². The van der Waals surface area contributed by atoms with E-state index in [0.29, 0.717) is 16.7 Å². The molecule has 0 unspecified atom stereocenters. The average molecular weight is 460 g/mol. The van der Waals surface area contributed by atoms with Crippen LogP contribution >= 0.6 is 11.8 Å². The zero-order valence-corrected chi connectivity index (χ0v) is 19.4. The Hall–Kier alpha value is -2.69. The van der Waals surface area contributed by atoms with Crippen LogP contribution in [0.1, 0.15) is 25.0 Å². The van der Waals surface area contributed by atoms with Crippen LogP contribution in [-0.4, -0.2) is 47.9 Å². The van der Waals surface area contributed by atoms with Crippen molar-refractivity contribution in [3.05, 3.63) is 66.0 Å². The van der Waals surface area contributed by atoms with E-state index in [0.717, 1.165) is 11.1 Å². The third-order valence-electron chi connectivity index (χ3n) is 4.26. The van der Waals surface area contributed by atoms with E-state index in [1.807, 2.05) is 45.0 Å². The molecule has 164 valence electrons. The number of sulfonamides is 1. The topological polar surface area (TPSA) is 98.5 Å². The fourth-order valence-corrected chi connectivity index (χ4v) is 5.10. The highest BCUT2D eigenvalue weighted by Gasteiger charge is 2.27. The van der Waals surface area contributed by atoms with Crippen LogP contribution in [0.2, 0.25) is 0 Å². The fourth-order valence-electron chi connectivity index (χ4n) is 2.71. The molecule has 10 heteroatoms. The molecule has 1 heterocycles. The predicted molar refractivity (Wildman–Crippen MR) is 122 cm³/mol. The lowest BCUT2D eigenvalue weighted by Crippen LogP contribution is -2.45. The number of hydrogen-bond donors (Lipinski definition) is 1. The van der Waals surface area contributed by atoms with Crippen molar-refractivity contribution in [3.63, 3.8) is 0 Å². The number of hydrogen-bond acceptors (Lipinski definition) is 7. The van der Waals surface area contributed by atoms with Crippen LogP contribution in [0.3, 0.4) is 0 Å². The Balaban J connectivity index is 1.68. The number of thioether (sulfide) groups is 1. The third-order valence-corrected chi connectivity index (χ3v) is 7.37. The van der Waals surface area contributed by atoms with Crippen LogP contribution in [0.15, 0.2) is 70.0 Å². The molecule has 0 radical (unpaired) electrons. The van der Waals surface area contributed by atoms with E-state index in [1.54, 1.807) is 42.3 Å². The standard InChI is InChI=1S/C21H25N5O3S2/c1-16-9-11-18(12-10-16)31(27,28)25-21(2,3)14-30-20-24-22-15-26(20)23-13-17-7-5-6-8-19(17)29-4/h5-13,15,25H,14H2,1-4H3. The Kier molecular flexibility index (Phi) is 7.14. The first-order valence-corrected chi connectivity index (χ1v) is 12.0. The lowest BCUT2D eigenvalue weighted by molar-refractivity contribution is 0.414. The highest BCUT2D eigenvalue weighted by atomic mass is 32.2. The second kappa shape index (κ2) is 9.63. The van der Waals surface area contributed by atoms with Gasteiger partial charge in [0.25, 0.3) is 0 Å². The largest absolute Gasteiger partial charge is 0.496 e. The molecule has 0 aliphatic rings. The number of nitrogens with one attached hydrogen (secondary N) is 1. The number of rotatable bonds is 9. The van der Waals surface area contributed by atoms with Crippen molar-refractivity contribution in [2.24, 2.45) is 5.10 Å². The molecule has 8 nitrogen and oxygen atoms in total. The van der Waals surface area contributed by atoms with Gasteiger partial charge in [-0.1, -0.05) is 41.6 Å². The maximum absolute atomic E-state index is 12.7. The highest BCUT2D eigenvalue weighted by Crippen LogP contribution is 2.23. The van der Waals surface area contributed by atoms with E-state index >= 15 is 0 Å². The van der Waals surface area contributed by atoms with Crippen molar-refractivity contribution in [2.75, 3.05) is 12.9 Å². The van der Waals surface area contributed by atoms with E-state index in [4.69, 9.17) is 4.74 Å². The highest BCUT2D eigenvalue weighted by molar-refractivity contribution is 7.99. The van der Waals surface area contributed by atoms with Gasteiger partial charge in [-0.15, -0.1) is 10.2 Å². The Morgan fingerprint density at radius 2 is 1.90 bits per heavy atom. The van der Waals surface area contributed by atoms with Gasteiger partial charge in [0.05, 0.1) is 18.2 Å². The first-order valence-electron chi connectivity index (χ1n) is 9.51. The number of methoxy groups -OCH3 is 1. The molecule has 0 atom stereocenters. The molecule has 3 rings (SSSR count). The van der Waals surface area contributed by atoms with Crippen LogP contribution < -0.4 is 9.46 Å². The van der Waals surface area contributed by atoms with E-state index < -0.39 is 15.6 Å². The van der Waals surface area contributed by atoms with Crippen molar-refractivity contribution >= 4 is 28.0 Å². The summed E-state index contributed by atoms with van der Waals surface area (Å²) in [6.07, 6.45) is 3.16. The quantitative estimate of drug-likeness (QED) is 0.389. The molecule has 1 N–H and O–H groups in total. The molecular weight excluding hydrogens is 434 g/mol. The molecule has 0 spiro atoms. The van der Waals surface area contributed by atoms with Gasteiger partial charge in [0.15, 0.2) is 0 Å². The molecule has 0 saturated heterocycles. The van der Waals surface area contributed by atoms with Crippen LogP contribution in [0.5, 0.6) is 5.75 Å². The Bertz CT molecular complexity index is 1160. The maximum Gasteiger partial charge on any atom is 0.241 e. The van der Waals surface area contributed by atoms with Gasteiger partial charge >= 0.3 is 0 Å². The van der Waals surface area contributed by atoms with Gasteiger partial charge in [-0.2, -0.15) is 9.78 Å². The van der Waals surface area contributed by atoms with E-state index in [9.17, 15) is 8.42 Å². The molecule has 31 heavy (non-hydrogen) atoms. The van der Waals surface area contributed by atoms with Crippen molar-refractivity contribution in [1.29, 1.82) is 0 Å². The van der Waals surface area contributed by atoms with Gasteiger partial charge in [-0.3, -0.25) is 0 Å². The van der Waals surface area contributed by atoms with Gasteiger partial charge in [-0.05, 0) is 45.0 Å². The first kappa shape index (κ1) is 23.0. The van der Waals surface area contributed by atoms with Gasteiger partial charge < -0.3 is 4.74 Å². The van der Waals surface area contributed by atoms with Crippen molar-refractivity contribution in [2.45, 2.75) is 36.4 Å². The van der Waals surface area contributed by atoms with Crippen LogP contribution in [0, 0.1) is 6.92 Å². The van der Waals surface area contributed by atoms with Gasteiger partial charge in [0, 0.05) is 16.9 Å². The monoisotopic (exact) mass is 459 g/mol. The number of para-hydroxylation sites is 1. The van der Waals surface area contributed by atoms with Gasteiger partial charge in [0.1, 0.15) is 12.1 Å². The van der Waals surface area contributed by atoms with Gasteiger partial charge in [-0.25, -0.2) is 13.1 Å². The van der Waals surface area contributed by atoms with E-state index in [1.165, 1.54) is 18.1 Å². The van der Waals surface area contributed by atoms with Crippen LogP contribution in [0.25, 0.3) is 0 Å². The number of benzene rings is 2. The number of ether oxygens (including phenoxy) is 1. The summed E-state index contributed by atoms with van der Waals surface area (Å²) in [5, 5.41) is 13.0. The van der Waals surface area contributed by atoms with Crippen molar-refractivity contribution in [3.8, 4) is 5.75 Å². The van der Waals surface area contributed by atoms with E-state index in [-0.39, 0.29) is 4.90 Å². The minimum absolute atomic E-state index is 0.237. The van der Waals surface area contributed by atoms with Crippen LogP contribution in [-0.2, 0) is 10.0 Å². The molecule has 1 aromatic heterocycles. The molecule has 0 aliphatic carbocycles. The van der Waals surface area contributed by atoms with Crippen molar-refractivity contribution < 1.29 is 13.2 Å². The molecule has 3 aromatic rings. The summed E-state index contributed by atoms with van der Waals surface area (Å²) in [6.45, 7) is 5.56. The Morgan fingerprint density at radius 3 is 2.61 bits per heavy atom. The lowest BCUT2D eigenvalue weighted by Gasteiger charge is -2.25. The molecular formula is C21H25N5O3S2. The summed E-state index contributed by atoms with van der Waals surface area (Å²) in [6, 6.07) is 14.3. The molecule has 0 fully saturated rings. The number of aromatic nitrogens is 3. The lowest BCUT2D eigenvalue weighted by atomic mass is 10.1. The summed E-state index contributed by atoms with van der Waals surface area (Å²) >= 11 is 1.36. The first-order chi connectivity index (χ1) is 14.7. The summed E-state index contributed by atoms with van der Waals surface area (Å²) in [4.78, 5) is 0.237. The minimum atomic E-state index is -3.64. The van der Waals surface area contributed by atoms with E-state index in [2.05, 4.69) is 20.0 Å². The zero-order chi connectivity index (χ0) is 22.5. The maximum atomic E-state index is 12.7.